The third kappa shape index (κ3) is 2.30. The number of hydrogen-bond donors (Lipinski definition) is 2. The van der Waals surface area contributed by atoms with Crippen LogP contribution in [0.4, 0.5) is 0 Å². The fourth-order valence-electron chi connectivity index (χ4n) is 7.36. The van der Waals surface area contributed by atoms with Gasteiger partial charge in [-0.05, 0) is 55.6 Å². The molecule has 0 radical (unpaired) electrons. The molecule has 27 heavy (non-hydrogen) atoms. The van der Waals surface area contributed by atoms with E-state index in [9.17, 15) is 19.8 Å². The Labute approximate surface area is 165 Å². The normalized spacial score (nSPS) is 51.3. The zero-order valence-electron chi connectivity index (χ0n) is 16.2. The molecule has 0 amide bonds. The minimum Gasteiger partial charge on any atom is -0.393 e. The molecule has 5 heteroatoms. The van der Waals surface area contributed by atoms with Crippen LogP contribution in [0.1, 0.15) is 46.5 Å². The van der Waals surface area contributed by atoms with Gasteiger partial charge in [0.25, 0.3) is 0 Å². The Morgan fingerprint density at radius 3 is 2.74 bits per heavy atom. The maximum Gasteiger partial charge on any atom is 0.179 e. The number of aliphatic hydroxyl groups is 2. The zero-order valence-corrected chi connectivity index (χ0v) is 17.0. The van der Waals surface area contributed by atoms with E-state index in [2.05, 4.69) is 6.92 Å². The van der Waals surface area contributed by atoms with Gasteiger partial charge >= 0.3 is 0 Å². The number of ketones is 2. The van der Waals surface area contributed by atoms with Crippen molar-refractivity contribution in [3.05, 3.63) is 23.8 Å². The highest BCUT2D eigenvalue weighted by atomic mass is 35.5. The lowest BCUT2D eigenvalue weighted by molar-refractivity contribution is -0.179. The van der Waals surface area contributed by atoms with Gasteiger partial charge in [0.15, 0.2) is 11.6 Å². The van der Waals surface area contributed by atoms with Crippen LogP contribution >= 0.6 is 11.6 Å². The first kappa shape index (κ1) is 19.4. The molecular weight excluding hydrogens is 364 g/mol. The molecule has 3 saturated carbocycles. The standard InChI is InChI=1S/C22H29ClO4/c1-12-8-16-15-5-4-13-9-14(24)6-7-20(13,2)19(15)17(25)10-21(16,3)22(12,27)18(26)11-23/h6-7,9,12,15-17,19,25,27H,4-5,8,10-11H2,1-3H3/t12?,15-,16-,17?,19+,20-,21-,22-/m0/s1. The van der Waals surface area contributed by atoms with Crippen LogP contribution in [0.3, 0.4) is 0 Å². The van der Waals surface area contributed by atoms with Crippen molar-refractivity contribution in [2.24, 2.45) is 34.5 Å². The molecule has 0 saturated heterocycles. The van der Waals surface area contributed by atoms with Gasteiger partial charge in [-0.25, -0.2) is 0 Å². The number of Topliss-reactive ketones (excluding diaryl/α,β-unsaturated/α-hetero) is 1. The monoisotopic (exact) mass is 392 g/mol. The number of aliphatic hydroxyl groups excluding tert-OH is 1. The van der Waals surface area contributed by atoms with E-state index in [1.54, 1.807) is 12.2 Å². The van der Waals surface area contributed by atoms with Crippen molar-refractivity contribution in [3.63, 3.8) is 0 Å². The molecule has 4 aliphatic rings. The van der Waals surface area contributed by atoms with Crippen molar-refractivity contribution in [3.8, 4) is 0 Å². The molecule has 0 spiro atoms. The number of halogens is 1. The maximum atomic E-state index is 12.7. The molecule has 4 nitrogen and oxygen atoms in total. The molecule has 4 aliphatic carbocycles. The summed E-state index contributed by atoms with van der Waals surface area (Å²) in [6.45, 7) is 6.03. The molecule has 2 N–H and O–H groups in total. The largest absolute Gasteiger partial charge is 0.393 e. The van der Waals surface area contributed by atoms with Gasteiger partial charge in [-0.1, -0.05) is 32.4 Å². The van der Waals surface area contributed by atoms with Crippen LogP contribution < -0.4 is 0 Å². The van der Waals surface area contributed by atoms with E-state index >= 15 is 0 Å². The molecule has 2 unspecified atom stereocenters. The molecule has 0 aromatic rings. The number of rotatable bonds is 2. The zero-order chi connectivity index (χ0) is 19.8. The van der Waals surface area contributed by atoms with Crippen LogP contribution in [0.2, 0.25) is 0 Å². The average molecular weight is 393 g/mol. The fraction of sp³-hybridized carbons (Fsp3) is 0.727. The summed E-state index contributed by atoms with van der Waals surface area (Å²) in [6.07, 6.45) is 7.54. The molecule has 0 aromatic heterocycles. The van der Waals surface area contributed by atoms with E-state index < -0.39 is 17.1 Å². The first-order valence-electron chi connectivity index (χ1n) is 10.0. The topological polar surface area (TPSA) is 74.6 Å². The van der Waals surface area contributed by atoms with E-state index in [4.69, 9.17) is 11.6 Å². The Kier molecular flexibility index (Phi) is 4.31. The van der Waals surface area contributed by atoms with Gasteiger partial charge in [-0.3, -0.25) is 9.59 Å². The Bertz CT molecular complexity index is 757. The van der Waals surface area contributed by atoms with Crippen molar-refractivity contribution in [2.45, 2.75) is 58.2 Å². The van der Waals surface area contributed by atoms with Crippen LogP contribution in [0.25, 0.3) is 0 Å². The summed E-state index contributed by atoms with van der Waals surface area (Å²) < 4.78 is 0. The summed E-state index contributed by atoms with van der Waals surface area (Å²) in [5, 5.41) is 22.8. The molecule has 8 atom stereocenters. The van der Waals surface area contributed by atoms with Crippen LogP contribution in [0.5, 0.6) is 0 Å². The minimum absolute atomic E-state index is 0.000536. The second-order valence-corrected chi connectivity index (χ2v) is 9.94. The summed E-state index contributed by atoms with van der Waals surface area (Å²) in [5.74, 6) is -0.326. The molecule has 0 bridgehead atoms. The lowest BCUT2D eigenvalue weighted by Gasteiger charge is -2.59. The van der Waals surface area contributed by atoms with Gasteiger partial charge in [0.05, 0.1) is 12.0 Å². The first-order valence-corrected chi connectivity index (χ1v) is 10.6. The summed E-state index contributed by atoms with van der Waals surface area (Å²) in [5.41, 5.74) is -1.39. The third-order valence-corrected chi connectivity index (χ3v) is 8.87. The summed E-state index contributed by atoms with van der Waals surface area (Å²) in [4.78, 5) is 24.5. The van der Waals surface area contributed by atoms with E-state index in [-0.39, 0.29) is 46.5 Å². The van der Waals surface area contributed by atoms with E-state index in [0.717, 1.165) is 24.8 Å². The van der Waals surface area contributed by atoms with E-state index in [0.29, 0.717) is 6.42 Å². The van der Waals surface area contributed by atoms with Gasteiger partial charge in [0.1, 0.15) is 5.60 Å². The predicted molar refractivity (Wildman–Crippen MR) is 103 cm³/mol. The van der Waals surface area contributed by atoms with Gasteiger partial charge in [0.2, 0.25) is 0 Å². The molecule has 0 aromatic carbocycles. The summed E-state index contributed by atoms with van der Waals surface area (Å²) in [7, 11) is 0. The van der Waals surface area contributed by atoms with E-state index in [1.807, 2.05) is 19.9 Å². The van der Waals surface area contributed by atoms with Crippen molar-refractivity contribution >= 4 is 23.2 Å². The Balaban J connectivity index is 1.78. The number of hydrogen-bond acceptors (Lipinski definition) is 4. The smallest absolute Gasteiger partial charge is 0.179 e. The van der Waals surface area contributed by atoms with Crippen LogP contribution in [0.15, 0.2) is 23.8 Å². The SMILES string of the molecule is CC1C[C@H]2[C@@H]3CCC4=CC(=O)C=C[C@]4(C)[C@H]3C(O)C[C@]2(C)[C@@]1(O)C(=O)CCl. The second kappa shape index (κ2) is 6.01. The van der Waals surface area contributed by atoms with Gasteiger partial charge in [-0.2, -0.15) is 0 Å². The lowest BCUT2D eigenvalue weighted by Crippen LogP contribution is -2.62. The lowest BCUT2D eigenvalue weighted by atomic mass is 9.46. The first-order chi connectivity index (χ1) is 12.6. The molecule has 148 valence electrons. The second-order valence-electron chi connectivity index (χ2n) is 9.67. The predicted octanol–water partition coefficient (Wildman–Crippen LogP) is 3.05. The number of carbonyl (C=O) groups excluding carboxylic acids is 2. The van der Waals surface area contributed by atoms with Crippen LogP contribution in [-0.4, -0.2) is 39.4 Å². The number of alkyl halides is 1. The van der Waals surface area contributed by atoms with Crippen molar-refractivity contribution in [1.82, 2.24) is 0 Å². The third-order valence-electron chi connectivity index (χ3n) is 8.62. The molecule has 0 aliphatic heterocycles. The molecule has 3 fully saturated rings. The highest BCUT2D eigenvalue weighted by molar-refractivity contribution is 6.29. The fourth-order valence-corrected chi connectivity index (χ4v) is 7.56. The van der Waals surface area contributed by atoms with Crippen LogP contribution in [0, 0.1) is 34.5 Å². The van der Waals surface area contributed by atoms with Crippen molar-refractivity contribution in [2.75, 3.05) is 5.88 Å². The number of allylic oxidation sites excluding steroid dienone is 4. The average Bonchev–Trinajstić information content (AvgIpc) is 2.82. The van der Waals surface area contributed by atoms with Gasteiger partial charge in [-0.15, -0.1) is 11.6 Å². The summed E-state index contributed by atoms with van der Waals surface area (Å²) >= 11 is 5.86. The van der Waals surface area contributed by atoms with E-state index in [1.165, 1.54) is 0 Å². The van der Waals surface area contributed by atoms with Gasteiger partial charge < -0.3 is 10.2 Å². The molecule has 0 heterocycles. The Hall–Kier alpha value is -0.970. The maximum absolute atomic E-state index is 12.7. The Morgan fingerprint density at radius 1 is 1.37 bits per heavy atom. The highest BCUT2D eigenvalue weighted by Crippen LogP contribution is 2.68. The van der Waals surface area contributed by atoms with Crippen LogP contribution in [-0.2, 0) is 9.59 Å². The van der Waals surface area contributed by atoms with Crippen molar-refractivity contribution in [1.29, 1.82) is 0 Å². The van der Waals surface area contributed by atoms with Gasteiger partial charge in [0, 0.05) is 16.7 Å². The highest BCUT2D eigenvalue weighted by Gasteiger charge is 2.70. The molecule has 4 rings (SSSR count). The van der Waals surface area contributed by atoms with Crippen molar-refractivity contribution < 1.29 is 19.8 Å². The summed E-state index contributed by atoms with van der Waals surface area (Å²) in [6, 6.07) is 0. The molecular formula is C22H29ClO4. The Morgan fingerprint density at radius 2 is 2.07 bits per heavy atom. The quantitative estimate of drug-likeness (QED) is 0.708. The number of fused-ring (bicyclic) bond motifs is 5. The number of carbonyl (C=O) groups is 2. The minimum atomic E-state index is -1.49.